The Bertz CT molecular complexity index is 169. The van der Waals surface area contributed by atoms with Crippen LogP contribution >= 0.6 is 0 Å². The summed E-state index contributed by atoms with van der Waals surface area (Å²) in [7, 11) is 0. The van der Waals surface area contributed by atoms with Crippen molar-refractivity contribution < 1.29 is 5.21 Å². The molecule has 0 amide bonds. The fraction of sp³-hybridized carbons (Fsp3) is 0.750. The summed E-state index contributed by atoms with van der Waals surface area (Å²) in [5, 5.41) is 20.0. The van der Waals surface area contributed by atoms with E-state index in [1.54, 1.807) is 0 Å². The smallest absolute Gasteiger partial charge is 0.0652 e. The lowest BCUT2D eigenvalue weighted by Gasteiger charge is -2.01. The van der Waals surface area contributed by atoms with E-state index in [2.05, 4.69) is 11.2 Å². The highest BCUT2D eigenvalue weighted by Gasteiger charge is 2.02. The number of hydrogen-bond donors (Lipinski definition) is 1. The molecule has 0 radical (unpaired) electrons. The first-order valence-corrected chi connectivity index (χ1v) is 3.84. The summed E-state index contributed by atoms with van der Waals surface area (Å²) in [5.74, 6) is 0.0540. The Morgan fingerprint density at radius 2 is 2.36 bits per heavy atom. The number of nitriles is 1. The third kappa shape index (κ3) is 4.38. The van der Waals surface area contributed by atoms with Crippen LogP contribution in [0.25, 0.3) is 0 Å². The molecular weight excluding hydrogens is 140 g/mol. The van der Waals surface area contributed by atoms with Gasteiger partial charge in [0.05, 0.1) is 11.8 Å². The van der Waals surface area contributed by atoms with Gasteiger partial charge in [-0.15, -0.1) is 0 Å². The molecule has 0 aliphatic heterocycles. The van der Waals surface area contributed by atoms with Crippen LogP contribution in [0.4, 0.5) is 0 Å². The summed E-state index contributed by atoms with van der Waals surface area (Å²) in [6, 6.07) is 2.13. The molecule has 1 atom stereocenters. The van der Waals surface area contributed by atoms with Crippen molar-refractivity contribution in [1.29, 1.82) is 5.26 Å². The number of oxime groups is 1. The topological polar surface area (TPSA) is 56.4 Å². The fourth-order valence-electron chi connectivity index (χ4n) is 0.745. The van der Waals surface area contributed by atoms with Crippen molar-refractivity contribution in [2.75, 3.05) is 0 Å². The van der Waals surface area contributed by atoms with Crippen LogP contribution in [0, 0.1) is 17.2 Å². The van der Waals surface area contributed by atoms with E-state index in [1.807, 2.05) is 13.8 Å². The second-order valence-corrected chi connectivity index (χ2v) is 2.59. The van der Waals surface area contributed by atoms with E-state index in [1.165, 1.54) is 0 Å². The highest BCUT2D eigenvalue weighted by Crippen LogP contribution is 2.06. The molecule has 1 N–H and O–H groups in total. The van der Waals surface area contributed by atoms with Gasteiger partial charge < -0.3 is 5.21 Å². The van der Waals surface area contributed by atoms with E-state index in [9.17, 15) is 0 Å². The minimum Gasteiger partial charge on any atom is -0.411 e. The van der Waals surface area contributed by atoms with Crippen molar-refractivity contribution in [2.45, 2.75) is 33.1 Å². The SMILES string of the molecule is CC/C(CCC(C)C#N)=N/O. The van der Waals surface area contributed by atoms with Gasteiger partial charge in [0.25, 0.3) is 0 Å². The molecule has 0 aromatic carbocycles. The summed E-state index contributed by atoms with van der Waals surface area (Å²) in [5.41, 5.74) is 0.770. The first-order chi connectivity index (χ1) is 5.24. The molecule has 0 saturated heterocycles. The third-order valence-corrected chi connectivity index (χ3v) is 1.64. The van der Waals surface area contributed by atoms with E-state index in [0.717, 1.165) is 25.0 Å². The fourth-order valence-corrected chi connectivity index (χ4v) is 0.745. The van der Waals surface area contributed by atoms with Gasteiger partial charge in [0.2, 0.25) is 0 Å². The molecule has 0 heterocycles. The van der Waals surface area contributed by atoms with Gasteiger partial charge in [0.1, 0.15) is 0 Å². The molecule has 0 spiro atoms. The molecule has 11 heavy (non-hydrogen) atoms. The van der Waals surface area contributed by atoms with Crippen LogP contribution in [0.3, 0.4) is 0 Å². The normalized spacial score (nSPS) is 14.1. The molecule has 0 bridgehead atoms. The monoisotopic (exact) mass is 154 g/mol. The van der Waals surface area contributed by atoms with E-state index < -0.39 is 0 Å². The predicted molar refractivity (Wildman–Crippen MR) is 43.5 cm³/mol. The highest BCUT2D eigenvalue weighted by atomic mass is 16.4. The van der Waals surface area contributed by atoms with Gasteiger partial charge in [-0.3, -0.25) is 0 Å². The Labute approximate surface area is 67.3 Å². The molecule has 0 aliphatic rings. The van der Waals surface area contributed by atoms with Gasteiger partial charge in [-0.25, -0.2) is 0 Å². The van der Waals surface area contributed by atoms with Gasteiger partial charge in [-0.05, 0) is 26.2 Å². The van der Waals surface area contributed by atoms with Crippen LogP contribution in [-0.4, -0.2) is 10.9 Å². The largest absolute Gasteiger partial charge is 0.411 e. The van der Waals surface area contributed by atoms with Crippen molar-refractivity contribution in [1.82, 2.24) is 0 Å². The van der Waals surface area contributed by atoms with Crippen LogP contribution in [0.2, 0.25) is 0 Å². The Morgan fingerprint density at radius 1 is 1.73 bits per heavy atom. The lowest BCUT2D eigenvalue weighted by Crippen LogP contribution is -1.99. The summed E-state index contributed by atoms with van der Waals surface area (Å²) in [6.45, 7) is 3.80. The van der Waals surface area contributed by atoms with Crippen molar-refractivity contribution in [2.24, 2.45) is 11.1 Å². The number of nitrogens with zero attached hydrogens (tertiary/aromatic N) is 2. The first-order valence-electron chi connectivity index (χ1n) is 3.84. The highest BCUT2D eigenvalue weighted by molar-refractivity contribution is 5.83. The Kier molecular flexibility index (Phi) is 5.18. The van der Waals surface area contributed by atoms with Gasteiger partial charge >= 0.3 is 0 Å². The number of hydrogen-bond acceptors (Lipinski definition) is 3. The summed E-state index contributed by atoms with van der Waals surface area (Å²) in [6.07, 6.45) is 2.26. The second kappa shape index (κ2) is 5.72. The summed E-state index contributed by atoms with van der Waals surface area (Å²) in [4.78, 5) is 0. The minimum atomic E-state index is 0.0540. The van der Waals surface area contributed by atoms with Crippen molar-refractivity contribution in [3.05, 3.63) is 0 Å². The zero-order valence-electron chi connectivity index (χ0n) is 7.04. The molecule has 1 unspecified atom stereocenters. The van der Waals surface area contributed by atoms with Gasteiger partial charge in [0.15, 0.2) is 0 Å². The lowest BCUT2D eigenvalue weighted by atomic mass is 10.0. The van der Waals surface area contributed by atoms with Crippen molar-refractivity contribution >= 4 is 5.71 Å². The van der Waals surface area contributed by atoms with E-state index >= 15 is 0 Å². The average Bonchev–Trinajstić information content (AvgIpc) is 2.06. The second-order valence-electron chi connectivity index (χ2n) is 2.59. The van der Waals surface area contributed by atoms with Crippen molar-refractivity contribution in [3.8, 4) is 6.07 Å². The zero-order chi connectivity index (χ0) is 8.69. The number of rotatable bonds is 4. The maximum absolute atomic E-state index is 8.44. The molecule has 0 aromatic heterocycles. The van der Waals surface area contributed by atoms with Crippen molar-refractivity contribution in [3.63, 3.8) is 0 Å². The first kappa shape index (κ1) is 9.96. The van der Waals surface area contributed by atoms with Crippen LogP contribution in [0.15, 0.2) is 5.16 Å². The van der Waals surface area contributed by atoms with Crippen LogP contribution in [0.5, 0.6) is 0 Å². The molecule has 3 nitrogen and oxygen atoms in total. The lowest BCUT2D eigenvalue weighted by molar-refractivity contribution is 0.316. The van der Waals surface area contributed by atoms with Gasteiger partial charge in [-0.2, -0.15) is 5.26 Å². The van der Waals surface area contributed by atoms with Crippen LogP contribution < -0.4 is 0 Å². The quantitative estimate of drug-likeness (QED) is 0.383. The summed E-state index contributed by atoms with van der Waals surface area (Å²) < 4.78 is 0. The third-order valence-electron chi connectivity index (χ3n) is 1.64. The maximum Gasteiger partial charge on any atom is 0.0652 e. The summed E-state index contributed by atoms with van der Waals surface area (Å²) >= 11 is 0. The van der Waals surface area contributed by atoms with E-state index in [0.29, 0.717) is 0 Å². The standard InChI is InChI=1S/C8H14N2O/c1-3-8(10-11)5-4-7(2)6-9/h7,11H,3-5H2,1-2H3/b10-8-. The predicted octanol–water partition coefficient (Wildman–Crippen LogP) is 2.17. The molecule has 3 heteroatoms. The van der Waals surface area contributed by atoms with E-state index in [4.69, 9.17) is 10.5 Å². The minimum absolute atomic E-state index is 0.0540. The van der Waals surface area contributed by atoms with Gasteiger partial charge in [-0.1, -0.05) is 12.1 Å². The molecule has 0 aromatic rings. The van der Waals surface area contributed by atoms with Gasteiger partial charge in [0, 0.05) is 5.92 Å². The maximum atomic E-state index is 8.44. The van der Waals surface area contributed by atoms with E-state index in [-0.39, 0.29) is 5.92 Å². The molecule has 62 valence electrons. The Morgan fingerprint density at radius 3 is 2.73 bits per heavy atom. The zero-order valence-corrected chi connectivity index (χ0v) is 7.04. The molecule has 0 fully saturated rings. The molecule has 0 rings (SSSR count). The molecular formula is C8H14N2O. The van der Waals surface area contributed by atoms with Crippen LogP contribution in [0.1, 0.15) is 33.1 Å². The average molecular weight is 154 g/mol. The van der Waals surface area contributed by atoms with Crippen LogP contribution in [-0.2, 0) is 0 Å². The Hall–Kier alpha value is -1.04. The Balaban J connectivity index is 3.62. The molecule has 0 aliphatic carbocycles. The molecule has 0 saturated carbocycles.